The lowest BCUT2D eigenvalue weighted by atomic mass is 10.1. The van der Waals surface area contributed by atoms with Gasteiger partial charge in [0.15, 0.2) is 14.7 Å². The lowest BCUT2D eigenvalue weighted by molar-refractivity contribution is 0.799. The summed E-state index contributed by atoms with van der Waals surface area (Å²) in [7, 11) is -0.174. The topological polar surface area (TPSA) is 6.48 Å². The van der Waals surface area contributed by atoms with Gasteiger partial charge >= 0.3 is 0 Å². The second-order valence-corrected chi connectivity index (χ2v) is 11.6. The molecule has 0 N–H and O–H groups in total. The first-order valence-electron chi connectivity index (χ1n) is 13.8. The predicted octanol–water partition coefficient (Wildman–Crippen LogP) is 8.84. The van der Waals surface area contributed by atoms with Crippen LogP contribution in [-0.2, 0) is 24.0 Å². The van der Waals surface area contributed by atoms with Gasteiger partial charge in [0.2, 0.25) is 0 Å². The molecule has 2 nitrogen and oxygen atoms in total. The van der Waals surface area contributed by atoms with Crippen LogP contribution >= 0.6 is 0 Å². The van der Waals surface area contributed by atoms with Crippen LogP contribution in [0.2, 0.25) is 0 Å². The van der Waals surface area contributed by atoms with E-state index >= 15 is 0 Å². The van der Waals surface area contributed by atoms with Gasteiger partial charge in [-0.05, 0) is 85.6 Å². The second-order valence-electron chi connectivity index (χ2n) is 9.61. The molecular formula is C36H37N2S+. The van der Waals surface area contributed by atoms with Crippen LogP contribution in [-0.4, -0.2) is 13.1 Å². The average molecular weight is 530 g/mol. The highest BCUT2D eigenvalue weighted by atomic mass is 32.2. The molecule has 0 amide bonds. The molecule has 0 bridgehead atoms. The van der Waals surface area contributed by atoms with Gasteiger partial charge < -0.3 is 9.80 Å². The molecule has 1 unspecified atom stereocenters. The summed E-state index contributed by atoms with van der Waals surface area (Å²) in [5.74, 6) is 0. The maximum atomic E-state index is 2.47. The number of rotatable bonds is 11. The summed E-state index contributed by atoms with van der Waals surface area (Å²) < 4.78 is 0. The van der Waals surface area contributed by atoms with E-state index in [0.717, 1.165) is 26.2 Å². The minimum absolute atomic E-state index is 0.174. The molecule has 1 atom stereocenters. The van der Waals surface area contributed by atoms with Crippen molar-refractivity contribution >= 4 is 22.3 Å². The summed E-state index contributed by atoms with van der Waals surface area (Å²) in [5.41, 5.74) is 5.15. The van der Waals surface area contributed by atoms with Gasteiger partial charge in [-0.25, -0.2) is 0 Å². The van der Waals surface area contributed by atoms with Gasteiger partial charge in [-0.2, -0.15) is 0 Å². The van der Waals surface area contributed by atoms with E-state index in [1.54, 1.807) is 0 Å². The fraction of sp³-hybridized carbons (Fsp3) is 0.167. The highest BCUT2D eigenvalue weighted by Gasteiger charge is 2.29. The Morgan fingerprint density at radius 3 is 1.18 bits per heavy atom. The molecule has 0 radical (unpaired) electrons. The summed E-state index contributed by atoms with van der Waals surface area (Å²) in [6, 6.07) is 50.8. The maximum Gasteiger partial charge on any atom is 0.166 e. The van der Waals surface area contributed by atoms with Crippen molar-refractivity contribution in [3.05, 3.63) is 151 Å². The molecule has 5 aromatic carbocycles. The molecule has 196 valence electrons. The summed E-state index contributed by atoms with van der Waals surface area (Å²) in [6.45, 7) is 8.20. The number of nitrogens with zero attached hydrogens (tertiary/aromatic N) is 2. The van der Waals surface area contributed by atoms with Crippen molar-refractivity contribution in [2.24, 2.45) is 0 Å². The third kappa shape index (κ3) is 6.74. The highest BCUT2D eigenvalue weighted by molar-refractivity contribution is 7.97. The quantitative estimate of drug-likeness (QED) is 0.158. The van der Waals surface area contributed by atoms with Crippen molar-refractivity contribution in [2.75, 3.05) is 22.9 Å². The van der Waals surface area contributed by atoms with Crippen LogP contribution in [0.25, 0.3) is 0 Å². The summed E-state index contributed by atoms with van der Waals surface area (Å²) in [5, 5.41) is 0. The Labute approximate surface area is 236 Å². The number of hydrogen-bond donors (Lipinski definition) is 0. The van der Waals surface area contributed by atoms with Crippen molar-refractivity contribution < 1.29 is 0 Å². The van der Waals surface area contributed by atoms with Crippen LogP contribution in [0.3, 0.4) is 0 Å². The molecule has 39 heavy (non-hydrogen) atoms. The predicted molar refractivity (Wildman–Crippen MR) is 168 cm³/mol. The van der Waals surface area contributed by atoms with Crippen molar-refractivity contribution in [1.29, 1.82) is 0 Å². The number of benzene rings is 5. The first-order valence-corrected chi connectivity index (χ1v) is 15.0. The lowest BCUT2D eigenvalue weighted by Crippen LogP contribution is -2.22. The van der Waals surface area contributed by atoms with E-state index in [0.29, 0.717) is 0 Å². The van der Waals surface area contributed by atoms with E-state index in [1.807, 2.05) is 0 Å². The van der Waals surface area contributed by atoms with E-state index in [1.165, 1.54) is 37.2 Å². The molecule has 0 aliphatic rings. The zero-order chi connectivity index (χ0) is 26.9. The Morgan fingerprint density at radius 2 is 0.769 bits per heavy atom. The van der Waals surface area contributed by atoms with Gasteiger partial charge in [0.05, 0.1) is 10.9 Å². The first-order chi connectivity index (χ1) is 19.2. The Hall–Kier alpha value is -3.95. The molecule has 0 saturated carbocycles. The molecule has 0 saturated heterocycles. The molecule has 0 fully saturated rings. The zero-order valence-electron chi connectivity index (χ0n) is 22.9. The van der Waals surface area contributed by atoms with Crippen LogP contribution in [0.4, 0.5) is 11.4 Å². The van der Waals surface area contributed by atoms with Crippen LogP contribution in [0.5, 0.6) is 0 Å². The molecule has 5 aromatic rings. The highest BCUT2D eigenvalue weighted by Crippen LogP contribution is 2.33. The lowest BCUT2D eigenvalue weighted by Gasteiger charge is -2.25. The van der Waals surface area contributed by atoms with Gasteiger partial charge in [0, 0.05) is 37.6 Å². The Bertz CT molecular complexity index is 1360. The summed E-state index contributed by atoms with van der Waals surface area (Å²) in [4.78, 5) is 8.88. The monoisotopic (exact) mass is 529 g/mol. The number of anilines is 2. The van der Waals surface area contributed by atoms with E-state index in [-0.39, 0.29) is 10.9 Å². The standard InChI is InChI=1S/C36H37N2S/c1-3-37(4-2)32-20-24-35(25-21-32)39(34-18-12-7-13-19-34)36-26-22-33(23-27-36)38(28-30-14-8-5-9-15-30)29-31-16-10-6-11-17-31/h5-27H,3-4,28-29H2,1-2H3/q+1. The smallest absolute Gasteiger partial charge is 0.166 e. The SMILES string of the molecule is CCN(CC)c1ccc([S+](c2ccccc2)c2ccc(N(Cc3ccccc3)Cc3ccccc3)cc2)cc1. The van der Waals surface area contributed by atoms with E-state index in [9.17, 15) is 0 Å². The zero-order valence-corrected chi connectivity index (χ0v) is 23.7. The maximum absolute atomic E-state index is 2.47. The summed E-state index contributed by atoms with van der Waals surface area (Å²) >= 11 is 0. The normalized spacial score (nSPS) is 11.6. The number of hydrogen-bond acceptors (Lipinski definition) is 2. The Balaban J connectivity index is 1.47. The first kappa shape index (κ1) is 26.6. The molecule has 3 heteroatoms. The van der Waals surface area contributed by atoms with Crippen molar-refractivity contribution in [1.82, 2.24) is 0 Å². The van der Waals surface area contributed by atoms with Gasteiger partial charge in [-0.1, -0.05) is 78.9 Å². The van der Waals surface area contributed by atoms with Crippen molar-refractivity contribution in [2.45, 2.75) is 41.6 Å². The molecule has 5 rings (SSSR count). The molecular weight excluding hydrogens is 492 g/mol. The molecule has 0 heterocycles. The molecule has 0 aliphatic carbocycles. The second kappa shape index (κ2) is 13.2. The van der Waals surface area contributed by atoms with Crippen molar-refractivity contribution in [3.63, 3.8) is 0 Å². The van der Waals surface area contributed by atoms with Crippen LogP contribution < -0.4 is 9.80 Å². The van der Waals surface area contributed by atoms with E-state index in [4.69, 9.17) is 0 Å². The van der Waals surface area contributed by atoms with Gasteiger partial charge in [0.25, 0.3) is 0 Å². The van der Waals surface area contributed by atoms with Crippen LogP contribution in [0.1, 0.15) is 25.0 Å². The van der Waals surface area contributed by atoms with E-state index in [2.05, 4.69) is 163 Å². The largest absolute Gasteiger partial charge is 0.372 e. The minimum Gasteiger partial charge on any atom is -0.372 e. The van der Waals surface area contributed by atoms with Gasteiger partial charge in [-0.3, -0.25) is 0 Å². The average Bonchev–Trinajstić information content (AvgIpc) is 3.00. The summed E-state index contributed by atoms with van der Waals surface area (Å²) in [6.07, 6.45) is 0. The molecule has 0 aromatic heterocycles. The third-order valence-electron chi connectivity index (χ3n) is 7.05. The Morgan fingerprint density at radius 1 is 0.410 bits per heavy atom. The minimum atomic E-state index is -0.174. The van der Waals surface area contributed by atoms with Crippen LogP contribution in [0.15, 0.2) is 154 Å². The fourth-order valence-electron chi connectivity index (χ4n) is 4.99. The fourth-order valence-corrected chi connectivity index (χ4v) is 7.05. The molecule has 0 aliphatic heterocycles. The van der Waals surface area contributed by atoms with Crippen molar-refractivity contribution in [3.8, 4) is 0 Å². The Kier molecular flexibility index (Phi) is 9.03. The molecule has 0 spiro atoms. The van der Waals surface area contributed by atoms with E-state index < -0.39 is 0 Å². The van der Waals surface area contributed by atoms with Gasteiger partial charge in [-0.15, -0.1) is 0 Å². The van der Waals surface area contributed by atoms with Crippen LogP contribution in [0, 0.1) is 0 Å². The van der Waals surface area contributed by atoms with Gasteiger partial charge in [0.1, 0.15) is 0 Å². The third-order valence-corrected chi connectivity index (χ3v) is 9.28.